The number of rotatable bonds is 4. The summed E-state index contributed by atoms with van der Waals surface area (Å²) in [7, 11) is 5.95. The lowest BCUT2D eigenvalue weighted by Crippen LogP contribution is -2.10. The second kappa shape index (κ2) is 9.00. The number of benzene rings is 3. The Morgan fingerprint density at radius 2 is 1.00 bits per heavy atom. The molecule has 0 radical (unpaired) electrons. The molecule has 0 aliphatic carbocycles. The van der Waals surface area contributed by atoms with Crippen molar-refractivity contribution in [3.05, 3.63) is 68.8 Å². The molecule has 0 amide bonds. The van der Waals surface area contributed by atoms with Crippen molar-refractivity contribution >= 4 is 11.4 Å². The van der Waals surface area contributed by atoms with Gasteiger partial charge in [0.15, 0.2) is 0 Å². The zero-order valence-electron chi connectivity index (χ0n) is 21.2. The highest BCUT2D eigenvalue weighted by Gasteiger charge is 2.25. The second-order valence-electron chi connectivity index (χ2n) is 9.06. The summed E-state index contributed by atoms with van der Waals surface area (Å²) in [6.07, 6.45) is 0. The first-order valence-electron chi connectivity index (χ1n) is 11.1. The Hall–Kier alpha value is -3.76. The zero-order valence-corrected chi connectivity index (χ0v) is 21.2. The minimum atomic E-state index is 0.639. The standard InChI is InChI=1S/C29H32N4/c1-16-10-22(32-7)11-17(2)26(16)28-20(5)25(15-31)29(21(6)24(28)14-30)27-18(3)12-23(33(8)9)13-19(27)4/h10-13,32H,1-9H3. The quantitative estimate of drug-likeness (QED) is 0.493. The fourth-order valence-electron chi connectivity index (χ4n) is 5.00. The van der Waals surface area contributed by atoms with Crippen molar-refractivity contribution in [2.24, 2.45) is 0 Å². The molecule has 33 heavy (non-hydrogen) atoms. The number of hydrogen-bond donors (Lipinski definition) is 1. The summed E-state index contributed by atoms with van der Waals surface area (Å²) in [4.78, 5) is 2.08. The van der Waals surface area contributed by atoms with Gasteiger partial charge >= 0.3 is 0 Å². The van der Waals surface area contributed by atoms with Gasteiger partial charge in [-0.1, -0.05) is 0 Å². The van der Waals surface area contributed by atoms with Crippen molar-refractivity contribution < 1.29 is 0 Å². The van der Waals surface area contributed by atoms with E-state index in [0.717, 1.165) is 67.0 Å². The van der Waals surface area contributed by atoms with Gasteiger partial charge in [-0.05, 0) is 110 Å². The molecule has 1 N–H and O–H groups in total. The molecule has 0 bridgehead atoms. The Morgan fingerprint density at radius 1 is 0.636 bits per heavy atom. The highest BCUT2D eigenvalue weighted by Crippen LogP contribution is 2.44. The van der Waals surface area contributed by atoms with Crippen molar-refractivity contribution in [3.8, 4) is 34.4 Å². The molecular formula is C29H32N4. The highest BCUT2D eigenvalue weighted by atomic mass is 15.1. The van der Waals surface area contributed by atoms with E-state index in [1.807, 2.05) is 35.0 Å². The van der Waals surface area contributed by atoms with E-state index in [1.165, 1.54) is 0 Å². The van der Waals surface area contributed by atoms with Crippen LogP contribution in [0.2, 0.25) is 0 Å². The molecule has 4 nitrogen and oxygen atoms in total. The minimum absolute atomic E-state index is 0.639. The monoisotopic (exact) mass is 436 g/mol. The molecule has 0 atom stereocenters. The molecule has 0 saturated carbocycles. The number of nitrogens with one attached hydrogen (secondary N) is 1. The van der Waals surface area contributed by atoms with Crippen LogP contribution in [0.4, 0.5) is 11.4 Å². The lowest BCUT2D eigenvalue weighted by atomic mass is 9.79. The normalized spacial score (nSPS) is 10.5. The topological polar surface area (TPSA) is 62.9 Å². The maximum Gasteiger partial charge on any atom is 0.100 e. The van der Waals surface area contributed by atoms with Gasteiger partial charge in [0.2, 0.25) is 0 Å². The molecule has 0 saturated heterocycles. The molecule has 0 spiro atoms. The summed E-state index contributed by atoms with van der Waals surface area (Å²) in [5.41, 5.74) is 13.3. The Bertz CT molecular complexity index is 1300. The fourth-order valence-corrected chi connectivity index (χ4v) is 5.00. The van der Waals surface area contributed by atoms with E-state index < -0.39 is 0 Å². The Balaban J connectivity index is 2.47. The lowest BCUT2D eigenvalue weighted by molar-refractivity contribution is 1.12. The van der Waals surface area contributed by atoms with Gasteiger partial charge in [0, 0.05) is 43.6 Å². The van der Waals surface area contributed by atoms with Crippen LogP contribution in [-0.4, -0.2) is 21.1 Å². The van der Waals surface area contributed by atoms with Crippen molar-refractivity contribution in [2.45, 2.75) is 41.5 Å². The summed E-state index contributed by atoms with van der Waals surface area (Å²) in [5.74, 6) is 0. The highest BCUT2D eigenvalue weighted by molar-refractivity contribution is 5.91. The van der Waals surface area contributed by atoms with Crippen LogP contribution in [-0.2, 0) is 0 Å². The SMILES string of the molecule is CNc1cc(C)c(-c2c(C)c(C#N)c(-c3c(C)cc(N(C)C)cc3C)c(C)c2C#N)c(C)c1. The van der Waals surface area contributed by atoms with Crippen LogP contribution in [0.25, 0.3) is 22.3 Å². The summed E-state index contributed by atoms with van der Waals surface area (Å²) in [5, 5.41) is 23.8. The van der Waals surface area contributed by atoms with Crippen LogP contribution in [0.5, 0.6) is 0 Å². The van der Waals surface area contributed by atoms with Gasteiger partial charge in [-0.2, -0.15) is 10.5 Å². The summed E-state index contributed by atoms with van der Waals surface area (Å²) in [6, 6.07) is 13.4. The minimum Gasteiger partial charge on any atom is -0.388 e. The van der Waals surface area contributed by atoms with Crippen LogP contribution in [0.15, 0.2) is 24.3 Å². The third-order valence-corrected chi connectivity index (χ3v) is 6.58. The molecule has 0 aliphatic rings. The first-order valence-corrected chi connectivity index (χ1v) is 11.1. The van der Waals surface area contributed by atoms with Crippen molar-refractivity contribution in [1.82, 2.24) is 0 Å². The number of aryl methyl sites for hydroxylation is 4. The Morgan fingerprint density at radius 3 is 1.30 bits per heavy atom. The third-order valence-electron chi connectivity index (χ3n) is 6.58. The molecule has 168 valence electrons. The number of hydrogen-bond acceptors (Lipinski definition) is 4. The third kappa shape index (κ3) is 3.94. The van der Waals surface area contributed by atoms with E-state index in [2.05, 4.69) is 74.3 Å². The average Bonchev–Trinajstić information content (AvgIpc) is 2.75. The van der Waals surface area contributed by atoms with Crippen LogP contribution < -0.4 is 10.2 Å². The Labute approximate surface area is 198 Å². The molecule has 0 unspecified atom stereocenters. The predicted octanol–water partition coefficient (Wildman–Crippen LogP) is 6.72. The van der Waals surface area contributed by atoms with Crippen LogP contribution in [0, 0.1) is 64.2 Å². The predicted molar refractivity (Wildman–Crippen MR) is 139 cm³/mol. The van der Waals surface area contributed by atoms with Crippen molar-refractivity contribution in [3.63, 3.8) is 0 Å². The van der Waals surface area contributed by atoms with Crippen LogP contribution in [0.3, 0.4) is 0 Å². The van der Waals surface area contributed by atoms with Gasteiger partial charge in [0.1, 0.15) is 12.1 Å². The van der Waals surface area contributed by atoms with E-state index in [1.54, 1.807) is 0 Å². The molecule has 3 aromatic rings. The fraction of sp³-hybridized carbons (Fsp3) is 0.310. The van der Waals surface area contributed by atoms with Gasteiger partial charge in [0.25, 0.3) is 0 Å². The average molecular weight is 437 g/mol. The van der Waals surface area contributed by atoms with Gasteiger partial charge in [-0.15, -0.1) is 0 Å². The zero-order chi connectivity index (χ0) is 24.6. The maximum absolute atomic E-state index is 10.3. The van der Waals surface area contributed by atoms with E-state index >= 15 is 0 Å². The van der Waals surface area contributed by atoms with Gasteiger partial charge in [0.05, 0.1) is 11.1 Å². The molecule has 0 aromatic heterocycles. The summed E-state index contributed by atoms with van der Waals surface area (Å²) in [6.45, 7) is 12.2. The Kier molecular flexibility index (Phi) is 6.52. The molecule has 0 heterocycles. The van der Waals surface area contributed by atoms with E-state index in [9.17, 15) is 10.5 Å². The summed E-state index contributed by atoms with van der Waals surface area (Å²) < 4.78 is 0. The van der Waals surface area contributed by atoms with E-state index in [-0.39, 0.29) is 0 Å². The summed E-state index contributed by atoms with van der Waals surface area (Å²) >= 11 is 0. The van der Waals surface area contributed by atoms with E-state index in [4.69, 9.17) is 0 Å². The van der Waals surface area contributed by atoms with Crippen molar-refractivity contribution in [2.75, 3.05) is 31.4 Å². The van der Waals surface area contributed by atoms with Crippen LogP contribution >= 0.6 is 0 Å². The molecule has 3 rings (SSSR count). The smallest absolute Gasteiger partial charge is 0.100 e. The molecule has 0 aliphatic heterocycles. The maximum atomic E-state index is 10.3. The second-order valence-corrected chi connectivity index (χ2v) is 9.06. The molecule has 0 fully saturated rings. The molecule has 4 heteroatoms. The van der Waals surface area contributed by atoms with Crippen LogP contribution in [0.1, 0.15) is 44.5 Å². The first-order chi connectivity index (χ1) is 15.6. The van der Waals surface area contributed by atoms with Gasteiger partial charge in [-0.3, -0.25) is 0 Å². The largest absolute Gasteiger partial charge is 0.388 e. The van der Waals surface area contributed by atoms with Gasteiger partial charge < -0.3 is 10.2 Å². The lowest BCUT2D eigenvalue weighted by Gasteiger charge is -2.24. The number of nitriles is 2. The van der Waals surface area contributed by atoms with E-state index in [0.29, 0.717) is 11.1 Å². The number of nitrogens with zero attached hydrogens (tertiary/aromatic N) is 3. The molecule has 3 aromatic carbocycles. The number of anilines is 2. The van der Waals surface area contributed by atoms with Gasteiger partial charge in [-0.25, -0.2) is 0 Å². The van der Waals surface area contributed by atoms with Crippen molar-refractivity contribution in [1.29, 1.82) is 10.5 Å². The molecular weight excluding hydrogens is 404 g/mol. The first kappa shape index (κ1) is 23.9.